The molecule has 1 fully saturated rings. The smallest absolute Gasteiger partial charge is 0.315 e. The number of urea groups is 1. The van der Waals surface area contributed by atoms with Crippen LogP contribution >= 0.6 is 0 Å². The van der Waals surface area contributed by atoms with E-state index in [9.17, 15) is 14.0 Å². The maximum Gasteiger partial charge on any atom is 0.315 e. The number of carbonyl (C=O) groups is 2. The van der Waals surface area contributed by atoms with Crippen molar-refractivity contribution < 1.29 is 18.7 Å². The minimum absolute atomic E-state index is 0.126. The minimum atomic E-state index is -0.842. The molecule has 166 valence electrons. The van der Waals surface area contributed by atoms with E-state index in [1.54, 1.807) is 12.1 Å². The highest BCUT2D eigenvalue weighted by Gasteiger charge is 2.42. The van der Waals surface area contributed by atoms with Crippen molar-refractivity contribution in [3.63, 3.8) is 0 Å². The largest absolute Gasteiger partial charge is 0.494 e. The molecule has 0 atom stereocenters. The van der Waals surface area contributed by atoms with E-state index in [1.165, 1.54) is 12.1 Å². The summed E-state index contributed by atoms with van der Waals surface area (Å²) in [7, 11) is 0. The van der Waals surface area contributed by atoms with Crippen LogP contribution in [0.1, 0.15) is 44.1 Å². The van der Waals surface area contributed by atoms with E-state index in [1.807, 2.05) is 30.3 Å². The first kappa shape index (κ1) is 22.6. The van der Waals surface area contributed by atoms with Crippen LogP contribution in [0.25, 0.3) is 0 Å². The summed E-state index contributed by atoms with van der Waals surface area (Å²) in [5.74, 6) is 0.207. The van der Waals surface area contributed by atoms with E-state index in [0.717, 1.165) is 31.2 Å². The molecule has 0 heterocycles. The molecule has 0 radical (unpaired) electrons. The second-order valence-electron chi connectivity index (χ2n) is 7.85. The zero-order valence-corrected chi connectivity index (χ0v) is 17.7. The molecule has 0 saturated heterocycles. The molecule has 0 aromatic heterocycles. The van der Waals surface area contributed by atoms with Gasteiger partial charge >= 0.3 is 6.03 Å². The number of hydrogen-bond donors (Lipinski definition) is 3. The summed E-state index contributed by atoms with van der Waals surface area (Å²) in [6.45, 7) is 1.42. The molecule has 0 spiro atoms. The number of rotatable bonds is 10. The number of carbonyl (C=O) groups excluding carboxylic acids is 2. The lowest BCUT2D eigenvalue weighted by Gasteiger charge is -2.29. The van der Waals surface area contributed by atoms with E-state index >= 15 is 0 Å². The molecule has 0 unspecified atom stereocenters. The molecule has 1 aliphatic carbocycles. The predicted octanol–water partition coefficient (Wildman–Crippen LogP) is 3.91. The number of ether oxygens (including phenoxy) is 1. The highest BCUT2D eigenvalue weighted by molar-refractivity contribution is 5.91. The lowest BCUT2D eigenvalue weighted by Crippen LogP contribution is -2.59. The van der Waals surface area contributed by atoms with Gasteiger partial charge in [0.05, 0.1) is 6.61 Å². The first-order valence-corrected chi connectivity index (χ1v) is 10.8. The van der Waals surface area contributed by atoms with Gasteiger partial charge in [-0.2, -0.15) is 0 Å². The summed E-state index contributed by atoms with van der Waals surface area (Å²) in [4.78, 5) is 25.3. The Labute approximate surface area is 182 Å². The van der Waals surface area contributed by atoms with E-state index in [2.05, 4.69) is 16.0 Å². The summed E-state index contributed by atoms with van der Waals surface area (Å²) < 4.78 is 18.4. The lowest BCUT2D eigenvalue weighted by atomic mass is 9.96. The summed E-state index contributed by atoms with van der Waals surface area (Å²) in [5, 5.41) is 8.73. The number of amides is 3. The summed E-state index contributed by atoms with van der Waals surface area (Å²) in [5.41, 5.74) is 0.163. The Morgan fingerprint density at radius 2 is 1.65 bits per heavy atom. The monoisotopic (exact) mass is 427 g/mol. The maximum atomic E-state index is 12.9. The van der Waals surface area contributed by atoms with Crippen LogP contribution in [0.5, 0.6) is 5.75 Å². The third-order valence-corrected chi connectivity index (χ3v) is 5.48. The Hall–Kier alpha value is -3.09. The zero-order valence-electron chi connectivity index (χ0n) is 17.7. The fraction of sp³-hybridized carbons (Fsp3) is 0.417. The van der Waals surface area contributed by atoms with Gasteiger partial charge in [0.2, 0.25) is 5.91 Å². The highest BCUT2D eigenvalue weighted by Crippen LogP contribution is 2.30. The van der Waals surface area contributed by atoms with Crippen molar-refractivity contribution in [2.45, 2.75) is 50.6 Å². The average molecular weight is 428 g/mol. The van der Waals surface area contributed by atoms with Crippen LogP contribution in [0.15, 0.2) is 54.6 Å². The van der Waals surface area contributed by atoms with Crippen molar-refractivity contribution in [3.05, 3.63) is 66.0 Å². The Morgan fingerprint density at radius 1 is 0.935 bits per heavy atom. The van der Waals surface area contributed by atoms with Crippen LogP contribution in [0.4, 0.5) is 9.18 Å². The fourth-order valence-electron chi connectivity index (χ4n) is 3.75. The summed E-state index contributed by atoms with van der Waals surface area (Å²) in [6.07, 6.45) is 4.63. The van der Waals surface area contributed by atoms with Crippen molar-refractivity contribution in [2.24, 2.45) is 0 Å². The van der Waals surface area contributed by atoms with Gasteiger partial charge in [0.25, 0.3) is 0 Å². The second kappa shape index (κ2) is 11.3. The van der Waals surface area contributed by atoms with Crippen LogP contribution in [0.3, 0.4) is 0 Å². The Bertz CT molecular complexity index is 837. The minimum Gasteiger partial charge on any atom is -0.494 e. The van der Waals surface area contributed by atoms with Crippen molar-refractivity contribution in [1.82, 2.24) is 16.0 Å². The SMILES string of the molecule is O=C(NCc1ccccc1)NC1(C(=O)NCCCCOc2ccc(F)cc2)CCCC1. The van der Waals surface area contributed by atoms with Gasteiger partial charge in [-0.05, 0) is 55.5 Å². The van der Waals surface area contributed by atoms with E-state index < -0.39 is 5.54 Å². The first-order valence-electron chi connectivity index (χ1n) is 10.8. The van der Waals surface area contributed by atoms with Crippen molar-refractivity contribution in [3.8, 4) is 5.75 Å². The molecule has 6 nitrogen and oxygen atoms in total. The van der Waals surface area contributed by atoms with Gasteiger partial charge in [-0.1, -0.05) is 43.2 Å². The Kier molecular flexibility index (Phi) is 8.27. The standard InChI is InChI=1S/C24H30FN3O3/c25-20-10-12-21(13-11-20)31-17-7-6-16-26-22(29)24(14-4-5-15-24)28-23(30)27-18-19-8-2-1-3-9-19/h1-3,8-13H,4-7,14-18H2,(H,26,29)(H2,27,28,30). The van der Waals surface area contributed by atoms with Crippen molar-refractivity contribution in [1.29, 1.82) is 0 Å². The normalized spacial score (nSPS) is 14.6. The van der Waals surface area contributed by atoms with Gasteiger partial charge in [0, 0.05) is 13.1 Å². The molecule has 7 heteroatoms. The Balaban J connectivity index is 1.37. The molecule has 1 saturated carbocycles. The number of benzene rings is 2. The number of unbranched alkanes of at least 4 members (excludes halogenated alkanes) is 1. The molecule has 2 aromatic rings. The fourth-order valence-corrected chi connectivity index (χ4v) is 3.75. The predicted molar refractivity (Wildman–Crippen MR) is 117 cm³/mol. The zero-order chi connectivity index (χ0) is 21.9. The second-order valence-corrected chi connectivity index (χ2v) is 7.85. The van der Waals surface area contributed by atoms with E-state index in [0.29, 0.717) is 38.3 Å². The molecular weight excluding hydrogens is 397 g/mol. The number of halogens is 1. The quantitative estimate of drug-likeness (QED) is 0.503. The maximum absolute atomic E-state index is 12.9. The highest BCUT2D eigenvalue weighted by atomic mass is 19.1. The number of nitrogens with one attached hydrogen (secondary N) is 3. The molecular formula is C24H30FN3O3. The van der Waals surface area contributed by atoms with Gasteiger partial charge in [-0.3, -0.25) is 4.79 Å². The van der Waals surface area contributed by atoms with E-state index in [4.69, 9.17) is 4.74 Å². The van der Waals surface area contributed by atoms with Crippen molar-refractivity contribution >= 4 is 11.9 Å². The molecule has 0 bridgehead atoms. The van der Waals surface area contributed by atoms with Gasteiger partial charge in [-0.15, -0.1) is 0 Å². The van der Waals surface area contributed by atoms with Crippen LogP contribution in [-0.2, 0) is 11.3 Å². The summed E-state index contributed by atoms with van der Waals surface area (Å²) >= 11 is 0. The molecule has 3 rings (SSSR count). The average Bonchev–Trinajstić information content (AvgIpc) is 3.26. The van der Waals surface area contributed by atoms with Gasteiger partial charge in [-0.25, -0.2) is 9.18 Å². The lowest BCUT2D eigenvalue weighted by molar-refractivity contribution is -0.127. The van der Waals surface area contributed by atoms with Gasteiger partial charge in [0.15, 0.2) is 0 Å². The molecule has 3 amide bonds. The van der Waals surface area contributed by atoms with Gasteiger partial charge in [0.1, 0.15) is 17.1 Å². The molecule has 0 aliphatic heterocycles. The third-order valence-electron chi connectivity index (χ3n) is 5.48. The van der Waals surface area contributed by atoms with Crippen LogP contribution in [-0.4, -0.2) is 30.6 Å². The first-order chi connectivity index (χ1) is 15.1. The molecule has 1 aliphatic rings. The van der Waals surface area contributed by atoms with Crippen LogP contribution in [0, 0.1) is 5.82 Å². The molecule has 2 aromatic carbocycles. The van der Waals surface area contributed by atoms with Crippen molar-refractivity contribution in [2.75, 3.05) is 13.2 Å². The summed E-state index contributed by atoms with van der Waals surface area (Å²) in [6, 6.07) is 15.2. The number of hydrogen-bond acceptors (Lipinski definition) is 3. The Morgan fingerprint density at radius 3 is 2.35 bits per heavy atom. The molecule has 3 N–H and O–H groups in total. The van der Waals surface area contributed by atoms with Crippen LogP contribution in [0.2, 0.25) is 0 Å². The molecule has 31 heavy (non-hydrogen) atoms. The topological polar surface area (TPSA) is 79.5 Å². The van der Waals surface area contributed by atoms with Crippen LogP contribution < -0.4 is 20.7 Å². The van der Waals surface area contributed by atoms with Gasteiger partial charge < -0.3 is 20.7 Å². The van der Waals surface area contributed by atoms with E-state index in [-0.39, 0.29) is 17.8 Å². The third kappa shape index (κ3) is 6.98.